The molecule has 2 aliphatic heterocycles. The fourth-order valence-electron chi connectivity index (χ4n) is 4.11. The molecule has 5 heterocycles. The number of pyridine rings is 3. The van der Waals surface area contributed by atoms with Crippen LogP contribution in [0.3, 0.4) is 0 Å². The lowest BCUT2D eigenvalue weighted by atomic mass is 10.1. The molecule has 3 aromatic heterocycles. The number of hydrogen-bond acceptors (Lipinski definition) is 5. The summed E-state index contributed by atoms with van der Waals surface area (Å²) in [6.45, 7) is 5.78. The van der Waals surface area contributed by atoms with E-state index in [4.69, 9.17) is 4.98 Å². The molecule has 0 saturated carbocycles. The summed E-state index contributed by atoms with van der Waals surface area (Å²) >= 11 is 0. The van der Waals surface area contributed by atoms with E-state index in [1.807, 2.05) is 37.4 Å². The summed E-state index contributed by atoms with van der Waals surface area (Å²) in [5.41, 5.74) is 4.86. The smallest absolute Gasteiger partial charge is 0.329 e. The minimum Gasteiger partial charge on any atom is -0.366 e. The van der Waals surface area contributed by atoms with Crippen LogP contribution in [0.15, 0.2) is 48.8 Å². The highest BCUT2D eigenvalue weighted by Gasteiger charge is 2.40. The van der Waals surface area contributed by atoms with E-state index in [9.17, 15) is 4.79 Å². The second-order valence-electron chi connectivity index (χ2n) is 7.59. The molecule has 0 spiro atoms. The molecule has 7 nitrogen and oxygen atoms in total. The maximum Gasteiger partial charge on any atom is 0.329 e. The van der Waals surface area contributed by atoms with Gasteiger partial charge in [-0.1, -0.05) is 6.07 Å². The Kier molecular flexibility index (Phi) is 4.16. The first kappa shape index (κ1) is 17.6. The van der Waals surface area contributed by atoms with E-state index in [0.717, 1.165) is 47.7 Å². The summed E-state index contributed by atoms with van der Waals surface area (Å²) < 4.78 is 0. The Labute approximate surface area is 169 Å². The number of carbonyl (C=O) groups is 1. The molecule has 2 bridgehead atoms. The van der Waals surface area contributed by atoms with Crippen molar-refractivity contribution in [2.45, 2.75) is 26.3 Å². The number of aromatic nitrogens is 3. The molecule has 7 heteroatoms. The van der Waals surface area contributed by atoms with Crippen molar-refractivity contribution >= 4 is 23.4 Å². The fraction of sp³-hybridized carbons (Fsp3) is 0.273. The molecule has 0 aromatic carbocycles. The number of carbonyl (C=O) groups excluding carboxylic acids is 1. The van der Waals surface area contributed by atoms with Crippen molar-refractivity contribution in [3.63, 3.8) is 0 Å². The number of amides is 2. The predicted molar refractivity (Wildman–Crippen MR) is 113 cm³/mol. The van der Waals surface area contributed by atoms with E-state index in [0.29, 0.717) is 11.6 Å². The SMILES string of the molecule is Cc1ccc(-c2nc3c(cc2C)N2CC[C@@H](C2)N3C(=O)Nc2ccccn2)cn1. The van der Waals surface area contributed by atoms with Gasteiger partial charge in [0.25, 0.3) is 0 Å². The molecule has 3 aromatic rings. The van der Waals surface area contributed by atoms with E-state index in [-0.39, 0.29) is 12.1 Å². The zero-order valence-corrected chi connectivity index (χ0v) is 16.5. The second-order valence-corrected chi connectivity index (χ2v) is 7.59. The Balaban J connectivity index is 1.57. The molecule has 1 atom stereocenters. The average molecular weight is 386 g/mol. The standard InChI is InChI=1S/C22H22N6O/c1-14-11-18-21(26-20(14)16-7-6-15(2)24-12-16)28(17-8-10-27(18)13-17)22(29)25-19-5-3-4-9-23-19/h3-7,9,11-12,17H,8,10,13H2,1-2H3,(H,23,25,29)/t17-/m0/s1. The van der Waals surface area contributed by atoms with E-state index >= 15 is 0 Å². The maximum atomic E-state index is 13.2. The number of aryl methyl sites for hydroxylation is 2. The van der Waals surface area contributed by atoms with Gasteiger partial charge < -0.3 is 4.90 Å². The van der Waals surface area contributed by atoms with E-state index < -0.39 is 0 Å². The molecule has 2 aliphatic rings. The molecular weight excluding hydrogens is 364 g/mol. The van der Waals surface area contributed by atoms with Gasteiger partial charge in [0.15, 0.2) is 5.82 Å². The number of urea groups is 1. The normalized spacial score (nSPS) is 17.2. The van der Waals surface area contributed by atoms with Crippen LogP contribution in [0.2, 0.25) is 0 Å². The van der Waals surface area contributed by atoms with Crippen molar-refractivity contribution in [2.75, 3.05) is 28.2 Å². The van der Waals surface area contributed by atoms with Crippen molar-refractivity contribution in [3.05, 3.63) is 60.0 Å². The lowest BCUT2D eigenvalue weighted by Crippen LogP contribution is -2.48. The molecule has 29 heavy (non-hydrogen) atoms. The van der Waals surface area contributed by atoms with Crippen LogP contribution in [0.1, 0.15) is 17.7 Å². The largest absolute Gasteiger partial charge is 0.366 e. The Morgan fingerprint density at radius 1 is 1.17 bits per heavy atom. The van der Waals surface area contributed by atoms with Crippen LogP contribution in [0.25, 0.3) is 11.3 Å². The highest BCUT2D eigenvalue weighted by molar-refractivity contribution is 6.04. The summed E-state index contributed by atoms with van der Waals surface area (Å²) in [7, 11) is 0. The lowest BCUT2D eigenvalue weighted by molar-refractivity contribution is 0.254. The zero-order chi connectivity index (χ0) is 20.0. The molecule has 0 unspecified atom stereocenters. The van der Waals surface area contributed by atoms with Gasteiger partial charge in [0.05, 0.1) is 17.4 Å². The topological polar surface area (TPSA) is 74.2 Å². The number of nitrogens with zero attached hydrogens (tertiary/aromatic N) is 5. The summed E-state index contributed by atoms with van der Waals surface area (Å²) in [5.74, 6) is 1.24. The van der Waals surface area contributed by atoms with Crippen LogP contribution in [-0.4, -0.2) is 40.1 Å². The summed E-state index contributed by atoms with van der Waals surface area (Å²) in [6.07, 6.45) is 4.43. The summed E-state index contributed by atoms with van der Waals surface area (Å²) in [5, 5.41) is 2.92. The van der Waals surface area contributed by atoms with Crippen molar-refractivity contribution < 1.29 is 4.79 Å². The molecule has 0 radical (unpaired) electrons. The Morgan fingerprint density at radius 2 is 2.07 bits per heavy atom. The third-order valence-corrected chi connectivity index (χ3v) is 5.57. The van der Waals surface area contributed by atoms with Crippen LogP contribution in [0.5, 0.6) is 0 Å². The third-order valence-electron chi connectivity index (χ3n) is 5.57. The van der Waals surface area contributed by atoms with Gasteiger partial charge in [-0.25, -0.2) is 14.8 Å². The van der Waals surface area contributed by atoms with Gasteiger partial charge in [0.1, 0.15) is 5.82 Å². The second kappa shape index (κ2) is 6.84. The van der Waals surface area contributed by atoms with Crippen LogP contribution in [0, 0.1) is 13.8 Å². The van der Waals surface area contributed by atoms with E-state index in [2.05, 4.69) is 33.2 Å². The Morgan fingerprint density at radius 3 is 2.83 bits per heavy atom. The summed E-state index contributed by atoms with van der Waals surface area (Å²) in [6, 6.07) is 11.5. The monoisotopic (exact) mass is 386 g/mol. The number of nitrogens with one attached hydrogen (secondary N) is 1. The van der Waals surface area contributed by atoms with Gasteiger partial charge in [-0.2, -0.15) is 0 Å². The van der Waals surface area contributed by atoms with Gasteiger partial charge in [-0.15, -0.1) is 0 Å². The molecule has 2 amide bonds. The average Bonchev–Trinajstić information content (AvgIpc) is 3.14. The quantitative estimate of drug-likeness (QED) is 0.725. The Bertz CT molecular complexity index is 1070. The highest BCUT2D eigenvalue weighted by Crippen LogP contribution is 2.41. The minimum atomic E-state index is -0.194. The molecule has 0 aliphatic carbocycles. The highest BCUT2D eigenvalue weighted by atomic mass is 16.2. The van der Waals surface area contributed by atoms with Crippen molar-refractivity contribution in [2.24, 2.45) is 0 Å². The number of fused-ring (bicyclic) bond motifs is 4. The van der Waals surface area contributed by atoms with Gasteiger partial charge in [-0.3, -0.25) is 15.2 Å². The first-order valence-corrected chi connectivity index (χ1v) is 9.81. The number of hydrogen-bond donors (Lipinski definition) is 1. The number of anilines is 3. The van der Waals surface area contributed by atoms with Crippen LogP contribution >= 0.6 is 0 Å². The van der Waals surface area contributed by atoms with E-state index in [1.54, 1.807) is 17.2 Å². The third kappa shape index (κ3) is 3.08. The first-order valence-electron chi connectivity index (χ1n) is 9.81. The van der Waals surface area contributed by atoms with Crippen LogP contribution in [0.4, 0.5) is 22.1 Å². The van der Waals surface area contributed by atoms with E-state index in [1.165, 1.54) is 0 Å². The minimum absolute atomic E-state index is 0.102. The zero-order valence-electron chi connectivity index (χ0n) is 16.5. The molecule has 1 N–H and O–H groups in total. The Hall–Kier alpha value is -3.48. The van der Waals surface area contributed by atoms with Crippen LogP contribution in [-0.2, 0) is 0 Å². The maximum absolute atomic E-state index is 13.2. The molecule has 1 fully saturated rings. The molecule has 146 valence electrons. The summed E-state index contributed by atoms with van der Waals surface area (Å²) in [4.78, 5) is 30.9. The van der Waals surface area contributed by atoms with Gasteiger partial charge in [0.2, 0.25) is 0 Å². The molecule has 5 rings (SSSR count). The fourth-order valence-corrected chi connectivity index (χ4v) is 4.11. The molecular formula is C22H22N6O. The first-order chi connectivity index (χ1) is 14.1. The van der Waals surface area contributed by atoms with Crippen molar-refractivity contribution in [3.8, 4) is 11.3 Å². The van der Waals surface area contributed by atoms with Gasteiger partial charge >= 0.3 is 6.03 Å². The number of rotatable bonds is 2. The lowest BCUT2D eigenvalue weighted by Gasteiger charge is -2.36. The predicted octanol–water partition coefficient (Wildman–Crippen LogP) is 3.79. The molecule has 1 saturated heterocycles. The van der Waals surface area contributed by atoms with Gasteiger partial charge in [0, 0.05) is 36.7 Å². The van der Waals surface area contributed by atoms with Crippen molar-refractivity contribution in [1.82, 2.24) is 15.0 Å². The van der Waals surface area contributed by atoms with Gasteiger partial charge in [-0.05, 0) is 56.2 Å². The van der Waals surface area contributed by atoms with Crippen molar-refractivity contribution in [1.29, 1.82) is 0 Å². The van der Waals surface area contributed by atoms with Crippen LogP contribution < -0.4 is 15.1 Å².